The summed E-state index contributed by atoms with van der Waals surface area (Å²) in [6.45, 7) is 0. The van der Waals surface area contributed by atoms with Crippen LogP contribution in [-0.2, 0) is 5.67 Å². The summed E-state index contributed by atoms with van der Waals surface area (Å²) in [6, 6.07) is 0.285. The van der Waals surface area contributed by atoms with Crippen LogP contribution < -0.4 is 5.73 Å². The molecule has 108 valence electrons. The maximum Gasteiger partial charge on any atom is 0.435 e. The molecule has 0 amide bonds. The van der Waals surface area contributed by atoms with Gasteiger partial charge >= 0.3 is 18.0 Å². The van der Waals surface area contributed by atoms with Crippen molar-refractivity contribution < 1.29 is 30.7 Å². The van der Waals surface area contributed by atoms with Gasteiger partial charge in [-0.25, -0.2) is 4.39 Å². The molecule has 0 fully saturated rings. The number of halogens is 9. The average molecular weight is 330 g/mol. The number of rotatable bonds is 1. The molecule has 0 spiro atoms. The lowest BCUT2D eigenvalue weighted by atomic mass is 9.94. The van der Waals surface area contributed by atoms with Crippen molar-refractivity contribution in [1.29, 1.82) is 0 Å². The highest BCUT2D eigenvalue weighted by molar-refractivity contribution is 6.38. The maximum atomic E-state index is 13.6. The second kappa shape index (κ2) is 4.59. The molecule has 0 aliphatic heterocycles. The Kier molecular flexibility index (Phi) is 3.90. The van der Waals surface area contributed by atoms with Crippen LogP contribution in [0.25, 0.3) is 0 Å². The molecule has 0 saturated carbocycles. The van der Waals surface area contributed by atoms with Gasteiger partial charge in [-0.2, -0.15) is 26.3 Å². The zero-order chi connectivity index (χ0) is 15.2. The number of alkyl halides is 7. The predicted molar refractivity (Wildman–Crippen MR) is 55.8 cm³/mol. The lowest BCUT2D eigenvalue weighted by Crippen LogP contribution is -2.50. The van der Waals surface area contributed by atoms with E-state index in [1.54, 1.807) is 0 Å². The second-order valence-corrected chi connectivity index (χ2v) is 4.32. The summed E-state index contributed by atoms with van der Waals surface area (Å²) in [4.78, 5) is 0. The van der Waals surface area contributed by atoms with Crippen molar-refractivity contribution in [2.24, 2.45) is 0 Å². The van der Waals surface area contributed by atoms with E-state index in [1.165, 1.54) is 0 Å². The molecule has 0 aliphatic rings. The van der Waals surface area contributed by atoms with Crippen LogP contribution in [-0.4, -0.2) is 12.4 Å². The highest BCUT2D eigenvalue weighted by atomic mass is 35.5. The Balaban J connectivity index is 3.62. The van der Waals surface area contributed by atoms with E-state index in [4.69, 9.17) is 28.9 Å². The predicted octanol–water partition coefficient (Wildman–Crippen LogP) is 4.87. The van der Waals surface area contributed by atoms with Gasteiger partial charge in [-0.15, -0.1) is 0 Å². The third-order valence-electron chi connectivity index (χ3n) is 2.26. The van der Waals surface area contributed by atoms with Crippen LogP contribution in [0.4, 0.5) is 36.4 Å². The first-order chi connectivity index (χ1) is 8.32. The third-order valence-corrected chi connectivity index (χ3v) is 2.88. The number of hydrogen-bond donors (Lipinski definition) is 1. The largest absolute Gasteiger partial charge is 0.435 e. The van der Waals surface area contributed by atoms with Crippen molar-refractivity contribution in [2.75, 3.05) is 5.73 Å². The fourth-order valence-electron chi connectivity index (χ4n) is 1.27. The van der Waals surface area contributed by atoms with Gasteiger partial charge in [0, 0.05) is 5.56 Å². The number of nitrogens with two attached hydrogens (primary N) is 1. The normalized spacial score (nSPS) is 13.7. The van der Waals surface area contributed by atoms with Crippen molar-refractivity contribution in [3.63, 3.8) is 0 Å². The molecular formula is C9H4Cl2F7N. The lowest BCUT2D eigenvalue weighted by molar-refractivity contribution is -0.348. The molecule has 0 aromatic heterocycles. The van der Waals surface area contributed by atoms with Crippen molar-refractivity contribution in [3.8, 4) is 0 Å². The fourth-order valence-corrected chi connectivity index (χ4v) is 1.76. The second-order valence-electron chi connectivity index (χ2n) is 3.51. The molecule has 0 unspecified atom stereocenters. The average Bonchev–Trinajstić information content (AvgIpc) is 2.20. The molecule has 1 aromatic rings. The number of hydrogen-bond acceptors (Lipinski definition) is 1. The van der Waals surface area contributed by atoms with Crippen LogP contribution in [0.3, 0.4) is 0 Å². The molecule has 0 radical (unpaired) electrons. The first-order valence-electron chi connectivity index (χ1n) is 4.39. The van der Waals surface area contributed by atoms with Crippen molar-refractivity contribution in [3.05, 3.63) is 27.7 Å². The molecule has 0 heterocycles. The summed E-state index contributed by atoms with van der Waals surface area (Å²) >= 11 is 10.6. The van der Waals surface area contributed by atoms with Gasteiger partial charge in [0.2, 0.25) is 0 Å². The quantitative estimate of drug-likeness (QED) is 0.577. The summed E-state index contributed by atoms with van der Waals surface area (Å²) in [5, 5.41) is -1.42. The Bertz CT molecular complexity index is 457. The molecular weight excluding hydrogens is 326 g/mol. The van der Waals surface area contributed by atoms with Gasteiger partial charge < -0.3 is 5.73 Å². The highest BCUT2D eigenvalue weighted by Crippen LogP contribution is 2.54. The Morgan fingerprint density at radius 3 is 1.37 bits per heavy atom. The monoisotopic (exact) mass is 329 g/mol. The minimum Gasteiger partial charge on any atom is -0.396 e. The van der Waals surface area contributed by atoms with E-state index in [9.17, 15) is 30.7 Å². The highest BCUT2D eigenvalue weighted by Gasteiger charge is 2.73. The first kappa shape index (κ1) is 16.2. The SMILES string of the molecule is Nc1c(Cl)cc(C(F)(C(F)(F)F)C(F)(F)F)cc1Cl. The van der Waals surface area contributed by atoms with E-state index in [0.717, 1.165) is 0 Å². The Hall–Kier alpha value is -0.890. The Morgan fingerprint density at radius 1 is 0.789 bits per heavy atom. The van der Waals surface area contributed by atoms with Gasteiger partial charge in [-0.05, 0) is 12.1 Å². The van der Waals surface area contributed by atoms with Crippen LogP contribution in [0.15, 0.2) is 12.1 Å². The Morgan fingerprint density at radius 2 is 1.11 bits per heavy atom. The molecule has 0 saturated heterocycles. The number of anilines is 1. The van der Waals surface area contributed by atoms with Crippen LogP contribution in [0.5, 0.6) is 0 Å². The van der Waals surface area contributed by atoms with Crippen LogP contribution in [0.2, 0.25) is 10.0 Å². The zero-order valence-electron chi connectivity index (χ0n) is 8.63. The van der Waals surface area contributed by atoms with E-state index in [0.29, 0.717) is 0 Å². The molecule has 1 aromatic carbocycles. The van der Waals surface area contributed by atoms with Gasteiger partial charge in [0.1, 0.15) is 0 Å². The van der Waals surface area contributed by atoms with E-state index in [2.05, 4.69) is 0 Å². The van der Waals surface area contributed by atoms with Crippen LogP contribution in [0.1, 0.15) is 5.56 Å². The van der Waals surface area contributed by atoms with E-state index >= 15 is 0 Å². The molecule has 0 aliphatic carbocycles. The first-order valence-corrected chi connectivity index (χ1v) is 5.15. The van der Waals surface area contributed by atoms with Crippen molar-refractivity contribution in [2.45, 2.75) is 18.0 Å². The van der Waals surface area contributed by atoms with Gasteiger partial charge in [0.25, 0.3) is 0 Å². The molecule has 0 atom stereocenters. The summed E-state index contributed by atoms with van der Waals surface area (Å²) < 4.78 is 88.2. The fraction of sp³-hybridized carbons (Fsp3) is 0.333. The maximum absolute atomic E-state index is 13.6. The molecule has 2 N–H and O–H groups in total. The third kappa shape index (κ3) is 2.55. The van der Waals surface area contributed by atoms with Crippen molar-refractivity contribution >= 4 is 28.9 Å². The van der Waals surface area contributed by atoms with E-state index in [-0.39, 0.29) is 12.1 Å². The standard InChI is InChI=1S/C9H4Cl2F7N/c10-4-1-3(2-5(11)6(4)19)7(12,8(13,14)15)9(16,17)18/h1-2H,19H2. The van der Waals surface area contributed by atoms with Gasteiger partial charge in [-0.3, -0.25) is 0 Å². The molecule has 10 heteroatoms. The van der Waals surface area contributed by atoms with Crippen LogP contribution in [0, 0.1) is 0 Å². The molecule has 1 nitrogen and oxygen atoms in total. The molecule has 19 heavy (non-hydrogen) atoms. The van der Waals surface area contributed by atoms with E-state index < -0.39 is 39.3 Å². The smallest absolute Gasteiger partial charge is 0.396 e. The summed E-state index contributed by atoms with van der Waals surface area (Å²) in [5.74, 6) is 0. The minimum absolute atomic E-state index is 0.143. The topological polar surface area (TPSA) is 26.0 Å². The summed E-state index contributed by atoms with van der Waals surface area (Å²) in [5.41, 5.74) is -2.65. The zero-order valence-corrected chi connectivity index (χ0v) is 10.1. The van der Waals surface area contributed by atoms with Crippen molar-refractivity contribution in [1.82, 2.24) is 0 Å². The summed E-state index contributed by atoms with van der Waals surface area (Å²) in [7, 11) is 0. The number of nitrogen functional groups attached to an aromatic ring is 1. The van der Waals surface area contributed by atoms with E-state index in [1.807, 2.05) is 0 Å². The lowest BCUT2D eigenvalue weighted by Gasteiger charge is -2.30. The number of benzene rings is 1. The molecule has 1 rings (SSSR count). The van der Waals surface area contributed by atoms with Gasteiger partial charge in [-0.1, -0.05) is 23.2 Å². The minimum atomic E-state index is -6.23. The Labute approximate surface area is 112 Å². The van der Waals surface area contributed by atoms with Crippen LogP contribution >= 0.6 is 23.2 Å². The van der Waals surface area contributed by atoms with Gasteiger partial charge in [0.15, 0.2) is 0 Å². The summed E-state index contributed by atoms with van der Waals surface area (Å²) in [6.07, 6.45) is -12.5. The van der Waals surface area contributed by atoms with Gasteiger partial charge in [0.05, 0.1) is 15.7 Å². The molecule has 0 bridgehead atoms.